The van der Waals surface area contributed by atoms with E-state index < -0.39 is 15.9 Å². The number of benzene rings is 2. The first kappa shape index (κ1) is 20.1. The molecule has 2 aromatic rings. The van der Waals surface area contributed by atoms with Crippen LogP contribution in [0.1, 0.15) is 35.3 Å². The third-order valence-electron chi connectivity index (χ3n) is 4.42. The van der Waals surface area contributed by atoms with E-state index in [1.54, 1.807) is 35.2 Å². The van der Waals surface area contributed by atoms with Crippen LogP contribution in [0.15, 0.2) is 53.9 Å². The minimum absolute atomic E-state index is 0.0437. The lowest BCUT2D eigenvalue weighted by atomic mass is 10.1. The SMILES string of the molecule is Cc1cc(C)cc(N(C(=O)c2ccc(OC(C)C)cc2)[C@H]2C=CS(=O)(=O)C2)c1. The van der Waals surface area contributed by atoms with Crippen molar-refractivity contribution in [3.05, 3.63) is 70.6 Å². The Kier molecular flexibility index (Phi) is 5.61. The predicted octanol–water partition coefficient (Wildman–Crippen LogP) is 4.05. The van der Waals surface area contributed by atoms with E-state index in [0.29, 0.717) is 17.0 Å². The molecule has 0 unspecified atom stereocenters. The molecule has 0 saturated heterocycles. The molecule has 0 radical (unpaired) electrons. The van der Waals surface area contributed by atoms with Crippen LogP contribution in [0.25, 0.3) is 0 Å². The summed E-state index contributed by atoms with van der Waals surface area (Å²) in [6, 6.07) is 12.2. The maximum atomic E-state index is 13.4. The molecule has 0 N–H and O–H groups in total. The Morgan fingerprint density at radius 2 is 1.68 bits per heavy atom. The van der Waals surface area contributed by atoms with E-state index in [4.69, 9.17) is 4.74 Å². The van der Waals surface area contributed by atoms with Crippen molar-refractivity contribution in [2.24, 2.45) is 0 Å². The zero-order valence-electron chi connectivity index (χ0n) is 16.5. The van der Waals surface area contributed by atoms with Gasteiger partial charge in [0.15, 0.2) is 9.84 Å². The average molecular weight is 400 g/mol. The van der Waals surface area contributed by atoms with Gasteiger partial charge in [0, 0.05) is 16.7 Å². The molecule has 1 heterocycles. The number of sulfone groups is 1. The van der Waals surface area contributed by atoms with Crippen molar-refractivity contribution in [2.75, 3.05) is 10.7 Å². The number of anilines is 1. The molecule has 1 aliphatic rings. The number of amides is 1. The molecule has 0 bridgehead atoms. The molecule has 148 valence electrons. The molecule has 0 saturated carbocycles. The van der Waals surface area contributed by atoms with Crippen LogP contribution in [-0.4, -0.2) is 32.2 Å². The van der Waals surface area contributed by atoms with E-state index in [0.717, 1.165) is 11.1 Å². The van der Waals surface area contributed by atoms with Gasteiger partial charge in [-0.1, -0.05) is 6.07 Å². The standard InChI is InChI=1S/C22H25NO4S/c1-15(2)27-21-7-5-18(6-8-21)22(24)23(19-9-10-28(25,26)14-19)20-12-16(3)11-17(4)13-20/h5-13,15,19H,14H2,1-4H3/t19-/m0/s1. The molecule has 28 heavy (non-hydrogen) atoms. The number of hydrogen-bond acceptors (Lipinski definition) is 4. The van der Waals surface area contributed by atoms with Crippen LogP contribution >= 0.6 is 0 Å². The Morgan fingerprint density at radius 1 is 1.07 bits per heavy atom. The van der Waals surface area contributed by atoms with E-state index in [1.165, 1.54) is 5.41 Å². The summed E-state index contributed by atoms with van der Waals surface area (Å²) in [5.74, 6) is 0.334. The van der Waals surface area contributed by atoms with Gasteiger partial charge in [-0.2, -0.15) is 0 Å². The van der Waals surface area contributed by atoms with Crippen LogP contribution in [0.3, 0.4) is 0 Å². The van der Waals surface area contributed by atoms with Crippen molar-refractivity contribution in [3.8, 4) is 5.75 Å². The van der Waals surface area contributed by atoms with Crippen LogP contribution in [0.5, 0.6) is 5.75 Å². The minimum Gasteiger partial charge on any atom is -0.491 e. The molecule has 5 nitrogen and oxygen atoms in total. The predicted molar refractivity (Wildman–Crippen MR) is 112 cm³/mol. The van der Waals surface area contributed by atoms with Crippen LogP contribution in [0, 0.1) is 13.8 Å². The first-order chi connectivity index (χ1) is 13.1. The summed E-state index contributed by atoms with van der Waals surface area (Å²) < 4.78 is 29.6. The molecule has 0 aliphatic carbocycles. The number of carbonyl (C=O) groups excluding carboxylic acids is 1. The number of carbonyl (C=O) groups is 1. The molecular weight excluding hydrogens is 374 g/mol. The van der Waals surface area contributed by atoms with E-state index in [1.807, 2.05) is 45.9 Å². The van der Waals surface area contributed by atoms with Crippen LogP contribution in [-0.2, 0) is 9.84 Å². The summed E-state index contributed by atoms with van der Waals surface area (Å²) in [6.07, 6.45) is 1.63. The fourth-order valence-corrected chi connectivity index (χ4v) is 4.62. The summed E-state index contributed by atoms with van der Waals surface area (Å²) in [5, 5.41) is 1.19. The maximum absolute atomic E-state index is 13.4. The lowest BCUT2D eigenvalue weighted by Crippen LogP contribution is -2.41. The lowest BCUT2D eigenvalue weighted by Gasteiger charge is -2.28. The number of aryl methyl sites for hydroxylation is 2. The monoisotopic (exact) mass is 399 g/mol. The highest BCUT2D eigenvalue weighted by molar-refractivity contribution is 7.94. The van der Waals surface area contributed by atoms with Gasteiger partial charge < -0.3 is 9.64 Å². The number of rotatable bonds is 5. The first-order valence-corrected chi connectivity index (χ1v) is 11.0. The zero-order chi connectivity index (χ0) is 20.5. The third-order valence-corrected chi connectivity index (χ3v) is 5.80. The van der Waals surface area contributed by atoms with Gasteiger partial charge in [-0.15, -0.1) is 0 Å². The number of hydrogen-bond donors (Lipinski definition) is 0. The largest absolute Gasteiger partial charge is 0.491 e. The summed E-state index contributed by atoms with van der Waals surface area (Å²) in [6.45, 7) is 7.79. The molecular formula is C22H25NO4S. The summed E-state index contributed by atoms with van der Waals surface area (Å²) >= 11 is 0. The molecule has 0 fully saturated rings. The first-order valence-electron chi connectivity index (χ1n) is 9.24. The summed E-state index contributed by atoms with van der Waals surface area (Å²) in [5.41, 5.74) is 3.20. The van der Waals surface area contributed by atoms with E-state index in [9.17, 15) is 13.2 Å². The van der Waals surface area contributed by atoms with Gasteiger partial charge in [-0.25, -0.2) is 8.42 Å². The highest BCUT2D eigenvalue weighted by Gasteiger charge is 2.32. The van der Waals surface area contributed by atoms with Crippen molar-refractivity contribution in [3.63, 3.8) is 0 Å². The lowest BCUT2D eigenvalue weighted by molar-refractivity contribution is 0.0983. The van der Waals surface area contributed by atoms with Crippen molar-refractivity contribution in [2.45, 2.75) is 39.8 Å². The topological polar surface area (TPSA) is 63.7 Å². The van der Waals surface area contributed by atoms with Crippen LogP contribution in [0.4, 0.5) is 5.69 Å². The molecule has 3 rings (SSSR count). The van der Waals surface area contributed by atoms with Gasteiger partial charge >= 0.3 is 0 Å². The quantitative estimate of drug-likeness (QED) is 0.761. The summed E-state index contributed by atoms with van der Waals surface area (Å²) in [4.78, 5) is 14.9. The van der Waals surface area contributed by atoms with Crippen molar-refractivity contribution < 1.29 is 17.9 Å². The van der Waals surface area contributed by atoms with E-state index >= 15 is 0 Å². The Balaban J connectivity index is 1.99. The Hall–Kier alpha value is -2.60. The second-order valence-corrected chi connectivity index (χ2v) is 9.37. The van der Waals surface area contributed by atoms with Crippen molar-refractivity contribution in [1.29, 1.82) is 0 Å². The second kappa shape index (κ2) is 7.80. The fourth-order valence-electron chi connectivity index (χ4n) is 3.36. The van der Waals surface area contributed by atoms with Crippen LogP contribution in [0.2, 0.25) is 0 Å². The molecule has 6 heteroatoms. The summed E-state index contributed by atoms with van der Waals surface area (Å²) in [7, 11) is -3.30. The van der Waals surface area contributed by atoms with Gasteiger partial charge in [-0.05, 0) is 81.3 Å². The molecule has 0 spiro atoms. The molecule has 1 amide bonds. The van der Waals surface area contributed by atoms with Gasteiger partial charge in [0.25, 0.3) is 5.91 Å². The molecule has 2 aromatic carbocycles. The third kappa shape index (κ3) is 4.62. The van der Waals surface area contributed by atoms with Crippen molar-refractivity contribution >= 4 is 21.4 Å². The average Bonchev–Trinajstić information content (AvgIpc) is 2.93. The van der Waals surface area contributed by atoms with Gasteiger partial charge in [0.2, 0.25) is 0 Å². The zero-order valence-corrected chi connectivity index (χ0v) is 17.4. The van der Waals surface area contributed by atoms with Gasteiger partial charge in [0.1, 0.15) is 5.75 Å². The smallest absolute Gasteiger partial charge is 0.258 e. The number of ether oxygens (including phenoxy) is 1. The normalized spacial score (nSPS) is 17.7. The highest BCUT2D eigenvalue weighted by atomic mass is 32.2. The van der Waals surface area contributed by atoms with E-state index in [-0.39, 0.29) is 17.8 Å². The van der Waals surface area contributed by atoms with Crippen molar-refractivity contribution in [1.82, 2.24) is 0 Å². The molecule has 0 aromatic heterocycles. The Morgan fingerprint density at radius 3 is 2.18 bits per heavy atom. The highest BCUT2D eigenvalue weighted by Crippen LogP contribution is 2.27. The Bertz CT molecular complexity index is 987. The Labute approximate surface area is 166 Å². The fraction of sp³-hybridized carbons (Fsp3) is 0.318. The maximum Gasteiger partial charge on any atom is 0.258 e. The van der Waals surface area contributed by atoms with Crippen LogP contribution < -0.4 is 9.64 Å². The van der Waals surface area contributed by atoms with E-state index in [2.05, 4.69) is 0 Å². The minimum atomic E-state index is -3.30. The van der Waals surface area contributed by atoms with Gasteiger partial charge in [0.05, 0.1) is 17.9 Å². The molecule has 1 atom stereocenters. The second-order valence-electron chi connectivity index (χ2n) is 7.44. The molecule has 1 aliphatic heterocycles. The van der Waals surface area contributed by atoms with Gasteiger partial charge in [-0.3, -0.25) is 4.79 Å². The number of nitrogens with zero attached hydrogens (tertiary/aromatic N) is 1.